The number of amides is 1. The van der Waals surface area contributed by atoms with Gasteiger partial charge in [-0.15, -0.1) is 0 Å². The molecule has 0 fully saturated rings. The Morgan fingerprint density at radius 1 is 1.38 bits per heavy atom. The van der Waals surface area contributed by atoms with Crippen LogP contribution in [0.3, 0.4) is 0 Å². The lowest BCUT2D eigenvalue weighted by Gasteiger charge is -2.22. The summed E-state index contributed by atoms with van der Waals surface area (Å²) in [6.45, 7) is 3.07. The van der Waals surface area contributed by atoms with Crippen molar-refractivity contribution in [1.29, 1.82) is 0 Å². The summed E-state index contributed by atoms with van der Waals surface area (Å²) in [6, 6.07) is 9.59. The SMILES string of the molecule is CCCNC(c1ccc2c(c1)NC(=O)CO2)c1ccco1. The summed E-state index contributed by atoms with van der Waals surface area (Å²) in [7, 11) is 0. The minimum Gasteiger partial charge on any atom is -0.482 e. The van der Waals surface area contributed by atoms with Crippen LogP contribution in [-0.2, 0) is 4.79 Å². The predicted octanol–water partition coefficient (Wildman–Crippen LogP) is 2.70. The lowest BCUT2D eigenvalue weighted by atomic mass is 10.0. The molecule has 0 bridgehead atoms. The van der Waals surface area contributed by atoms with Crippen LogP contribution in [0.5, 0.6) is 5.75 Å². The van der Waals surface area contributed by atoms with Crippen molar-refractivity contribution in [2.75, 3.05) is 18.5 Å². The molecule has 1 unspecified atom stereocenters. The van der Waals surface area contributed by atoms with E-state index >= 15 is 0 Å². The minimum absolute atomic E-state index is 0.0379. The van der Waals surface area contributed by atoms with Crippen LogP contribution >= 0.6 is 0 Å². The first-order chi connectivity index (χ1) is 10.3. The molecule has 3 rings (SSSR count). The van der Waals surface area contributed by atoms with Crippen LogP contribution in [0.15, 0.2) is 41.0 Å². The lowest BCUT2D eigenvalue weighted by molar-refractivity contribution is -0.118. The third-order valence-electron chi connectivity index (χ3n) is 3.40. The molecule has 2 aromatic rings. The second-order valence-electron chi connectivity index (χ2n) is 5.00. The number of nitrogens with one attached hydrogen (secondary N) is 2. The molecule has 0 saturated heterocycles. The van der Waals surface area contributed by atoms with Gasteiger partial charge < -0.3 is 19.8 Å². The van der Waals surface area contributed by atoms with E-state index in [2.05, 4.69) is 17.6 Å². The number of fused-ring (bicyclic) bond motifs is 1. The predicted molar refractivity (Wildman–Crippen MR) is 79.4 cm³/mol. The Kier molecular flexibility index (Phi) is 3.92. The lowest BCUT2D eigenvalue weighted by Crippen LogP contribution is -2.26. The third-order valence-corrected chi connectivity index (χ3v) is 3.40. The number of furan rings is 1. The van der Waals surface area contributed by atoms with E-state index in [-0.39, 0.29) is 18.6 Å². The van der Waals surface area contributed by atoms with Crippen molar-refractivity contribution in [3.63, 3.8) is 0 Å². The first-order valence-electron chi connectivity index (χ1n) is 7.11. The third kappa shape index (κ3) is 2.92. The largest absolute Gasteiger partial charge is 0.482 e. The number of hydrogen-bond acceptors (Lipinski definition) is 4. The highest BCUT2D eigenvalue weighted by molar-refractivity contribution is 5.95. The van der Waals surface area contributed by atoms with Crippen LogP contribution in [0, 0.1) is 0 Å². The molecule has 21 heavy (non-hydrogen) atoms. The van der Waals surface area contributed by atoms with Gasteiger partial charge in [0.25, 0.3) is 5.91 Å². The molecule has 110 valence electrons. The van der Waals surface area contributed by atoms with Gasteiger partial charge in [0.05, 0.1) is 18.0 Å². The van der Waals surface area contributed by atoms with Crippen LogP contribution in [0.2, 0.25) is 0 Å². The quantitative estimate of drug-likeness (QED) is 0.887. The molecule has 0 spiro atoms. The Bertz CT molecular complexity index is 622. The molecule has 5 nitrogen and oxygen atoms in total. The van der Waals surface area contributed by atoms with Crippen molar-refractivity contribution in [3.8, 4) is 5.75 Å². The Labute approximate surface area is 123 Å². The Hall–Kier alpha value is -2.27. The smallest absolute Gasteiger partial charge is 0.262 e. The van der Waals surface area contributed by atoms with E-state index < -0.39 is 0 Å². The Balaban J connectivity index is 1.92. The second kappa shape index (κ2) is 6.01. The van der Waals surface area contributed by atoms with E-state index in [1.54, 1.807) is 6.26 Å². The van der Waals surface area contributed by atoms with Crippen molar-refractivity contribution in [1.82, 2.24) is 5.32 Å². The number of hydrogen-bond donors (Lipinski definition) is 2. The fraction of sp³-hybridized carbons (Fsp3) is 0.312. The monoisotopic (exact) mass is 286 g/mol. The van der Waals surface area contributed by atoms with Crippen LogP contribution < -0.4 is 15.4 Å². The van der Waals surface area contributed by atoms with Gasteiger partial charge in [0.1, 0.15) is 11.5 Å². The summed E-state index contributed by atoms with van der Waals surface area (Å²) in [6.07, 6.45) is 2.70. The van der Waals surface area contributed by atoms with Crippen LogP contribution in [0.25, 0.3) is 0 Å². The van der Waals surface area contributed by atoms with Crippen LogP contribution in [0.1, 0.15) is 30.7 Å². The molecule has 1 aromatic heterocycles. The van der Waals surface area contributed by atoms with Crippen LogP contribution in [-0.4, -0.2) is 19.1 Å². The zero-order chi connectivity index (χ0) is 14.7. The summed E-state index contributed by atoms with van der Waals surface area (Å²) in [4.78, 5) is 11.4. The van der Waals surface area contributed by atoms with Crippen molar-refractivity contribution in [2.24, 2.45) is 0 Å². The fourth-order valence-corrected chi connectivity index (χ4v) is 2.41. The zero-order valence-corrected chi connectivity index (χ0v) is 11.9. The van der Waals surface area contributed by atoms with Gasteiger partial charge in [-0.1, -0.05) is 13.0 Å². The van der Waals surface area contributed by atoms with E-state index in [0.29, 0.717) is 11.4 Å². The van der Waals surface area contributed by atoms with Crippen molar-refractivity contribution < 1.29 is 13.9 Å². The Morgan fingerprint density at radius 2 is 2.29 bits per heavy atom. The number of ether oxygens (including phenoxy) is 1. The van der Waals surface area contributed by atoms with Gasteiger partial charge in [-0.25, -0.2) is 0 Å². The molecule has 1 aromatic carbocycles. The van der Waals surface area contributed by atoms with Crippen molar-refractivity contribution in [3.05, 3.63) is 47.9 Å². The molecule has 1 aliphatic heterocycles. The molecule has 2 N–H and O–H groups in total. The van der Waals surface area contributed by atoms with Crippen LogP contribution in [0.4, 0.5) is 5.69 Å². The zero-order valence-electron chi connectivity index (χ0n) is 11.9. The molecular weight excluding hydrogens is 268 g/mol. The summed E-state index contributed by atoms with van der Waals surface area (Å²) in [5.41, 5.74) is 1.74. The van der Waals surface area contributed by atoms with Gasteiger partial charge in [-0.3, -0.25) is 4.79 Å². The van der Waals surface area contributed by atoms with Gasteiger partial charge in [-0.05, 0) is 42.8 Å². The van der Waals surface area contributed by atoms with E-state index in [9.17, 15) is 4.79 Å². The molecule has 1 aliphatic rings. The van der Waals surface area contributed by atoms with Crippen molar-refractivity contribution in [2.45, 2.75) is 19.4 Å². The highest BCUT2D eigenvalue weighted by Crippen LogP contribution is 2.32. The maximum atomic E-state index is 11.4. The van der Waals surface area contributed by atoms with Gasteiger partial charge in [0, 0.05) is 0 Å². The van der Waals surface area contributed by atoms with Crippen molar-refractivity contribution >= 4 is 11.6 Å². The number of carbonyl (C=O) groups is 1. The second-order valence-corrected chi connectivity index (χ2v) is 5.00. The molecule has 0 saturated carbocycles. The minimum atomic E-state index is -0.129. The first-order valence-corrected chi connectivity index (χ1v) is 7.11. The number of carbonyl (C=O) groups excluding carboxylic acids is 1. The summed E-state index contributed by atoms with van der Waals surface area (Å²) in [5.74, 6) is 1.43. The molecule has 0 aliphatic carbocycles. The summed E-state index contributed by atoms with van der Waals surface area (Å²) >= 11 is 0. The van der Waals surface area contributed by atoms with E-state index in [4.69, 9.17) is 9.15 Å². The van der Waals surface area contributed by atoms with Gasteiger partial charge in [-0.2, -0.15) is 0 Å². The molecular formula is C16H18N2O3. The number of anilines is 1. The van der Waals surface area contributed by atoms with Gasteiger partial charge >= 0.3 is 0 Å². The molecule has 5 heteroatoms. The molecule has 1 atom stereocenters. The van der Waals surface area contributed by atoms with E-state index in [1.807, 2.05) is 30.3 Å². The summed E-state index contributed by atoms with van der Waals surface area (Å²) in [5, 5.41) is 6.29. The van der Waals surface area contributed by atoms with Gasteiger partial charge in [0.2, 0.25) is 0 Å². The Morgan fingerprint density at radius 3 is 3.05 bits per heavy atom. The average Bonchev–Trinajstić information content (AvgIpc) is 3.01. The number of benzene rings is 1. The standard InChI is InChI=1S/C16H18N2O3/c1-2-7-17-16(14-4-3-8-20-14)11-5-6-13-12(9-11)18-15(19)10-21-13/h3-6,8-9,16-17H,2,7,10H2,1H3,(H,18,19). The highest BCUT2D eigenvalue weighted by atomic mass is 16.5. The topological polar surface area (TPSA) is 63.5 Å². The van der Waals surface area contributed by atoms with Gasteiger partial charge in [0.15, 0.2) is 6.61 Å². The molecule has 2 heterocycles. The molecule has 1 amide bonds. The highest BCUT2D eigenvalue weighted by Gasteiger charge is 2.21. The van der Waals surface area contributed by atoms with E-state index in [1.165, 1.54) is 0 Å². The molecule has 0 radical (unpaired) electrons. The normalized spacial score (nSPS) is 15.0. The first kappa shape index (κ1) is 13.7. The average molecular weight is 286 g/mol. The maximum absolute atomic E-state index is 11.4. The maximum Gasteiger partial charge on any atom is 0.262 e. The number of rotatable bonds is 5. The summed E-state index contributed by atoms with van der Waals surface area (Å²) < 4.78 is 10.9. The fourth-order valence-electron chi connectivity index (χ4n) is 2.41. The van der Waals surface area contributed by atoms with E-state index in [0.717, 1.165) is 24.3 Å².